The largest absolute Gasteiger partial charge is 0.347 e. The lowest BCUT2D eigenvalue weighted by molar-refractivity contribution is 0.581. The molecule has 0 saturated carbocycles. The fourth-order valence-corrected chi connectivity index (χ4v) is 2.85. The maximum Gasteiger partial charge on any atom is 0.237 e. The van der Waals surface area contributed by atoms with E-state index in [1.807, 2.05) is 0 Å². The predicted molar refractivity (Wildman–Crippen MR) is 79.0 cm³/mol. The Labute approximate surface area is 126 Å². The first-order chi connectivity index (χ1) is 10.3. The van der Waals surface area contributed by atoms with Crippen molar-refractivity contribution in [3.63, 3.8) is 0 Å². The van der Waals surface area contributed by atoms with E-state index in [0.29, 0.717) is 5.95 Å². The fourth-order valence-electron chi connectivity index (χ4n) is 1.68. The zero-order chi connectivity index (χ0) is 16.3. The standard InChI is InChI=1S/C13H14F2N4O2S/c1-19(2)13-16-6-11(7-17-13)18-22(20,21)8-9-5-10(14)3-4-12(9)15/h3-7,18H,8H2,1-2H3. The molecule has 2 rings (SSSR count). The minimum atomic E-state index is -3.91. The molecule has 118 valence electrons. The summed E-state index contributed by atoms with van der Waals surface area (Å²) in [6.45, 7) is 0. The molecule has 1 aromatic heterocycles. The highest BCUT2D eigenvalue weighted by molar-refractivity contribution is 7.91. The number of halogens is 2. The zero-order valence-electron chi connectivity index (χ0n) is 11.9. The Morgan fingerprint density at radius 3 is 2.41 bits per heavy atom. The summed E-state index contributed by atoms with van der Waals surface area (Å²) >= 11 is 0. The van der Waals surface area contributed by atoms with Gasteiger partial charge in [-0.3, -0.25) is 4.72 Å². The van der Waals surface area contributed by atoms with Crippen LogP contribution in [0.25, 0.3) is 0 Å². The van der Waals surface area contributed by atoms with Gasteiger partial charge in [0.15, 0.2) is 0 Å². The van der Waals surface area contributed by atoms with Gasteiger partial charge in [-0.25, -0.2) is 27.2 Å². The smallest absolute Gasteiger partial charge is 0.237 e. The van der Waals surface area contributed by atoms with E-state index in [4.69, 9.17) is 0 Å². The molecule has 0 fully saturated rings. The van der Waals surface area contributed by atoms with Gasteiger partial charge in [-0.1, -0.05) is 0 Å². The average molecular weight is 328 g/mol. The SMILES string of the molecule is CN(C)c1ncc(NS(=O)(=O)Cc2cc(F)ccc2F)cn1. The molecule has 0 aliphatic heterocycles. The normalized spacial score (nSPS) is 11.3. The maximum atomic E-state index is 13.5. The molecule has 9 heteroatoms. The molecule has 0 saturated heterocycles. The summed E-state index contributed by atoms with van der Waals surface area (Å²) in [6.07, 6.45) is 2.59. The first-order valence-electron chi connectivity index (χ1n) is 6.20. The lowest BCUT2D eigenvalue weighted by Gasteiger charge is -2.11. The monoisotopic (exact) mass is 328 g/mol. The van der Waals surface area contributed by atoms with Crippen molar-refractivity contribution in [3.05, 3.63) is 47.8 Å². The quantitative estimate of drug-likeness (QED) is 0.905. The molecule has 0 radical (unpaired) electrons. The molecular formula is C13H14F2N4O2S. The number of nitrogens with zero attached hydrogens (tertiary/aromatic N) is 3. The minimum Gasteiger partial charge on any atom is -0.347 e. The van der Waals surface area contributed by atoms with Gasteiger partial charge in [0.25, 0.3) is 0 Å². The van der Waals surface area contributed by atoms with Crippen molar-refractivity contribution in [2.75, 3.05) is 23.7 Å². The van der Waals surface area contributed by atoms with E-state index >= 15 is 0 Å². The molecule has 0 aliphatic carbocycles. The lowest BCUT2D eigenvalue weighted by Crippen LogP contribution is -2.17. The number of anilines is 2. The highest BCUT2D eigenvalue weighted by atomic mass is 32.2. The highest BCUT2D eigenvalue weighted by Crippen LogP contribution is 2.16. The van der Waals surface area contributed by atoms with Crippen LogP contribution < -0.4 is 9.62 Å². The van der Waals surface area contributed by atoms with Crippen molar-refractivity contribution < 1.29 is 17.2 Å². The van der Waals surface area contributed by atoms with Crippen molar-refractivity contribution in [2.45, 2.75) is 5.75 Å². The van der Waals surface area contributed by atoms with E-state index in [-0.39, 0.29) is 11.3 Å². The minimum absolute atomic E-state index is 0.141. The van der Waals surface area contributed by atoms with Crippen LogP contribution in [0.1, 0.15) is 5.56 Å². The Bertz CT molecular complexity index is 764. The Morgan fingerprint density at radius 2 is 1.82 bits per heavy atom. The molecule has 0 bridgehead atoms. The van der Waals surface area contributed by atoms with Crippen molar-refractivity contribution in [1.82, 2.24) is 9.97 Å². The van der Waals surface area contributed by atoms with Crippen molar-refractivity contribution in [1.29, 1.82) is 0 Å². The van der Waals surface area contributed by atoms with E-state index in [9.17, 15) is 17.2 Å². The first kappa shape index (κ1) is 16.1. The van der Waals surface area contributed by atoms with Gasteiger partial charge in [-0.15, -0.1) is 0 Å². The van der Waals surface area contributed by atoms with Crippen LogP contribution in [0.3, 0.4) is 0 Å². The second kappa shape index (κ2) is 6.22. The second-order valence-electron chi connectivity index (χ2n) is 4.76. The number of hydrogen-bond acceptors (Lipinski definition) is 5. The number of sulfonamides is 1. The Morgan fingerprint density at radius 1 is 1.18 bits per heavy atom. The Hall–Kier alpha value is -2.29. The van der Waals surface area contributed by atoms with Gasteiger partial charge in [0, 0.05) is 19.7 Å². The van der Waals surface area contributed by atoms with Crippen LogP contribution in [0.5, 0.6) is 0 Å². The number of hydrogen-bond donors (Lipinski definition) is 1. The summed E-state index contributed by atoms with van der Waals surface area (Å²) < 4.78 is 52.7. The molecule has 0 amide bonds. The van der Waals surface area contributed by atoms with E-state index in [0.717, 1.165) is 18.2 Å². The van der Waals surface area contributed by atoms with E-state index in [2.05, 4.69) is 14.7 Å². The number of nitrogens with one attached hydrogen (secondary N) is 1. The molecule has 0 spiro atoms. The van der Waals surface area contributed by atoms with Gasteiger partial charge in [0.1, 0.15) is 11.6 Å². The molecular weight excluding hydrogens is 314 g/mol. The third kappa shape index (κ3) is 4.10. The third-order valence-corrected chi connectivity index (χ3v) is 3.90. The average Bonchev–Trinajstić information content (AvgIpc) is 2.42. The van der Waals surface area contributed by atoms with Crippen molar-refractivity contribution >= 4 is 21.7 Å². The van der Waals surface area contributed by atoms with E-state index in [1.54, 1.807) is 19.0 Å². The van der Waals surface area contributed by atoms with Gasteiger partial charge in [-0.05, 0) is 18.2 Å². The topological polar surface area (TPSA) is 75.2 Å². The fraction of sp³-hybridized carbons (Fsp3) is 0.231. The number of rotatable bonds is 5. The molecule has 6 nitrogen and oxygen atoms in total. The highest BCUT2D eigenvalue weighted by Gasteiger charge is 2.16. The second-order valence-corrected chi connectivity index (χ2v) is 6.49. The van der Waals surface area contributed by atoms with Crippen LogP contribution in [0.2, 0.25) is 0 Å². The lowest BCUT2D eigenvalue weighted by atomic mass is 10.2. The molecule has 1 heterocycles. The van der Waals surface area contributed by atoms with Crippen molar-refractivity contribution in [2.24, 2.45) is 0 Å². The summed E-state index contributed by atoms with van der Waals surface area (Å²) in [5, 5.41) is 0. The summed E-state index contributed by atoms with van der Waals surface area (Å²) in [4.78, 5) is 9.56. The maximum absolute atomic E-state index is 13.5. The predicted octanol–water partition coefficient (Wildman–Crippen LogP) is 1.76. The third-order valence-electron chi connectivity index (χ3n) is 2.66. The van der Waals surface area contributed by atoms with Gasteiger partial charge in [0.05, 0.1) is 23.8 Å². The summed E-state index contributed by atoms with van der Waals surface area (Å²) in [5.41, 5.74) is -0.110. The first-order valence-corrected chi connectivity index (χ1v) is 7.86. The Balaban J connectivity index is 2.15. The summed E-state index contributed by atoms with van der Waals surface area (Å²) in [6, 6.07) is 2.65. The van der Waals surface area contributed by atoms with Crippen LogP contribution in [0, 0.1) is 11.6 Å². The van der Waals surface area contributed by atoms with Gasteiger partial charge in [-0.2, -0.15) is 0 Å². The van der Waals surface area contributed by atoms with E-state index < -0.39 is 27.4 Å². The van der Waals surface area contributed by atoms with Crippen molar-refractivity contribution in [3.8, 4) is 0 Å². The van der Waals surface area contributed by atoms with Gasteiger partial charge >= 0.3 is 0 Å². The van der Waals surface area contributed by atoms with Crippen LogP contribution >= 0.6 is 0 Å². The molecule has 2 aromatic rings. The molecule has 0 atom stereocenters. The summed E-state index contributed by atoms with van der Waals surface area (Å²) in [7, 11) is -0.426. The van der Waals surface area contributed by atoms with Crippen LogP contribution in [0.15, 0.2) is 30.6 Å². The summed E-state index contributed by atoms with van der Waals surface area (Å²) in [5.74, 6) is -1.76. The molecule has 0 aliphatic rings. The zero-order valence-corrected chi connectivity index (χ0v) is 12.7. The molecule has 1 aromatic carbocycles. The molecule has 0 unspecified atom stereocenters. The van der Waals surface area contributed by atoms with E-state index in [1.165, 1.54) is 12.4 Å². The van der Waals surface area contributed by atoms with Crippen LogP contribution in [-0.4, -0.2) is 32.5 Å². The molecule has 1 N–H and O–H groups in total. The number of benzene rings is 1. The Kier molecular flexibility index (Phi) is 4.55. The van der Waals surface area contributed by atoms with Crippen LogP contribution in [0.4, 0.5) is 20.4 Å². The van der Waals surface area contributed by atoms with Gasteiger partial charge < -0.3 is 4.90 Å². The van der Waals surface area contributed by atoms with Gasteiger partial charge in [0.2, 0.25) is 16.0 Å². The number of aromatic nitrogens is 2. The van der Waals surface area contributed by atoms with Crippen LogP contribution in [-0.2, 0) is 15.8 Å². The molecule has 22 heavy (non-hydrogen) atoms.